The second-order valence-corrected chi connectivity index (χ2v) is 8.39. The molecule has 1 aromatic carbocycles. The molecule has 110 valence electrons. The number of hydrogen-bond donors (Lipinski definition) is 0. The molecule has 0 aromatic heterocycles. The Bertz CT molecular complexity index is 430. The van der Waals surface area contributed by atoms with Crippen LogP contribution in [-0.2, 0) is 4.74 Å². The third kappa shape index (κ3) is 4.28. The number of piperazine rings is 1. The Morgan fingerprint density at radius 1 is 1.30 bits per heavy atom. The third-order valence-electron chi connectivity index (χ3n) is 4.06. The van der Waals surface area contributed by atoms with Gasteiger partial charge in [0, 0.05) is 39.5 Å². The first-order valence-electron chi connectivity index (χ1n) is 7.35. The first-order valence-corrected chi connectivity index (χ1v) is 9.56. The van der Waals surface area contributed by atoms with Crippen LogP contribution in [0.1, 0.15) is 5.56 Å². The summed E-state index contributed by atoms with van der Waals surface area (Å²) in [4.78, 5) is 5.01. The summed E-state index contributed by atoms with van der Waals surface area (Å²) in [5, 5.41) is 1.49. The number of rotatable bonds is 6. The second kappa shape index (κ2) is 7.74. The average molecular weight is 290 g/mol. The van der Waals surface area contributed by atoms with E-state index in [9.17, 15) is 0 Å². The molecule has 0 N–H and O–H groups in total. The summed E-state index contributed by atoms with van der Waals surface area (Å²) in [6.07, 6.45) is 4.05. The van der Waals surface area contributed by atoms with E-state index in [1.54, 1.807) is 0 Å². The minimum atomic E-state index is -1.09. The SMILES string of the molecule is C=Cc1cccc([SiH](COC)CN2CCN(C)CC2)c1. The Labute approximate surface area is 124 Å². The molecule has 0 bridgehead atoms. The Morgan fingerprint density at radius 2 is 2.05 bits per heavy atom. The van der Waals surface area contributed by atoms with Gasteiger partial charge in [-0.2, -0.15) is 0 Å². The van der Waals surface area contributed by atoms with Gasteiger partial charge in [0.2, 0.25) is 0 Å². The molecule has 1 aliphatic heterocycles. The molecule has 2 rings (SSSR count). The fraction of sp³-hybridized carbons (Fsp3) is 0.500. The van der Waals surface area contributed by atoms with Gasteiger partial charge in [-0.05, 0) is 18.8 Å². The number of nitrogens with zero attached hydrogens (tertiary/aromatic N) is 2. The topological polar surface area (TPSA) is 15.7 Å². The summed E-state index contributed by atoms with van der Waals surface area (Å²) in [5.74, 6) is 0. The van der Waals surface area contributed by atoms with Crippen molar-refractivity contribution in [3.63, 3.8) is 0 Å². The van der Waals surface area contributed by atoms with Gasteiger partial charge in [-0.15, -0.1) is 0 Å². The van der Waals surface area contributed by atoms with E-state index in [4.69, 9.17) is 4.74 Å². The minimum Gasteiger partial charge on any atom is -0.388 e. The van der Waals surface area contributed by atoms with E-state index < -0.39 is 8.80 Å². The molecular formula is C16H26N2OSi. The zero-order valence-corrected chi connectivity index (χ0v) is 13.9. The van der Waals surface area contributed by atoms with Crippen LogP contribution in [0.15, 0.2) is 30.8 Å². The van der Waals surface area contributed by atoms with Crippen molar-refractivity contribution in [2.45, 2.75) is 0 Å². The lowest BCUT2D eigenvalue weighted by atomic mass is 10.2. The molecule has 1 aliphatic rings. The van der Waals surface area contributed by atoms with Crippen molar-refractivity contribution in [3.05, 3.63) is 36.4 Å². The molecule has 0 radical (unpaired) electrons. The van der Waals surface area contributed by atoms with Crippen molar-refractivity contribution < 1.29 is 4.74 Å². The highest BCUT2D eigenvalue weighted by Crippen LogP contribution is 2.04. The molecule has 0 saturated carbocycles. The van der Waals surface area contributed by atoms with E-state index in [0.29, 0.717) is 0 Å². The average Bonchev–Trinajstić information content (AvgIpc) is 2.49. The molecule has 4 heteroatoms. The van der Waals surface area contributed by atoms with Crippen LogP contribution in [0.2, 0.25) is 0 Å². The molecule has 20 heavy (non-hydrogen) atoms. The van der Waals surface area contributed by atoms with E-state index in [0.717, 1.165) is 6.23 Å². The van der Waals surface area contributed by atoms with Crippen molar-refractivity contribution in [1.82, 2.24) is 9.80 Å². The maximum Gasteiger partial charge on any atom is 0.114 e. The molecule has 1 fully saturated rings. The zero-order valence-electron chi connectivity index (χ0n) is 12.7. The van der Waals surface area contributed by atoms with Crippen LogP contribution < -0.4 is 5.19 Å². The molecular weight excluding hydrogens is 264 g/mol. The Hall–Kier alpha value is -0.943. The quantitative estimate of drug-likeness (QED) is 0.719. The van der Waals surface area contributed by atoms with Gasteiger partial charge in [0.15, 0.2) is 0 Å². The number of likely N-dealkylation sites (N-methyl/N-ethyl adjacent to an activating group) is 1. The molecule has 1 unspecified atom stereocenters. The summed E-state index contributed by atoms with van der Waals surface area (Å²) in [5.41, 5.74) is 1.22. The van der Waals surface area contributed by atoms with E-state index in [2.05, 4.69) is 47.7 Å². The van der Waals surface area contributed by atoms with Gasteiger partial charge >= 0.3 is 0 Å². The number of methoxy groups -OCH3 is 1. The van der Waals surface area contributed by atoms with Crippen LogP contribution in [0.3, 0.4) is 0 Å². The van der Waals surface area contributed by atoms with Crippen molar-refractivity contribution >= 4 is 20.1 Å². The first-order chi connectivity index (χ1) is 9.72. The van der Waals surface area contributed by atoms with Gasteiger partial charge in [0.05, 0.1) is 0 Å². The van der Waals surface area contributed by atoms with Crippen molar-refractivity contribution in [2.24, 2.45) is 0 Å². The Morgan fingerprint density at radius 3 is 2.70 bits per heavy atom. The summed E-state index contributed by atoms with van der Waals surface area (Å²) >= 11 is 0. The predicted molar refractivity (Wildman–Crippen MR) is 89.1 cm³/mol. The molecule has 1 atom stereocenters. The van der Waals surface area contributed by atoms with Crippen LogP contribution in [0, 0.1) is 0 Å². The van der Waals surface area contributed by atoms with Crippen LogP contribution in [0.25, 0.3) is 6.08 Å². The molecule has 3 nitrogen and oxygen atoms in total. The van der Waals surface area contributed by atoms with Gasteiger partial charge in [-0.1, -0.05) is 42.1 Å². The largest absolute Gasteiger partial charge is 0.388 e. The van der Waals surface area contributed by atoms with Gasteiger partial charge in [0.25, 0.3) is 0 Å². The van der Waals surface area contributed by atoms with Crippen LogP contribution in [0.4, 0.5) is 0 Å². The van der Waals surface area contributed by atoms with E-state index >= 15 is 0 Å². The lowest BCUT2D eigenvalue weighted by molar-refractivity contribution is 0.169. The second-order valence-electron chi connectivity index (χ2n) is 5.63. The van der Waals surface area contributed by atoms with Gasteiger partial charge in [-0.3, -0.25) is 0 Å². The van der Waals surface area contributed by atoms with Gasteiger partial charge in [0.1, 0.15) is 8.80 Å². The Balaban J connectivity index is 2.03. The lowest BCUT2D eigenvalue weighted by Crippen LogP contribution is -2.52. The first kappa shape index (κ1) is 15.4. The van der Waals surface area contributed by atoms with E-state index in [1.165, 1.54) is 43.1 Å². The van der Waals surface area contributed by atoms with Crippen molar-refractivity contribution in [2.75, 3.05) is 52.7 Å². The highest BCUT2D eigenvalue weighted by atomic mass is 28.3. The standard InChI is InChI=1S/C16H26N2OSi/c1-4-15-6-5-7-16(12-15)20(14-19-3)13-18-10-8-17(2)9-11-18/h4-7,12,20H,1,8-11,13-14H2,2-3H3. The number of hydrogen-bond acceptors (Lipinski definition) is 3. The molecule has 1 aromatic rings. The molecule has 1 saturated heterocycles. The molecule has 0 amide bonds. The smallest absolute Gasteiger partial charge is 0.114 e. The maximum atomic E-state index is 5.49. The molecule has 0 spiro atoms. The predicted octanol–water partition coefficient (Wildman–Crippen LogP) is 0.736. The summed E-state index contributed by atoms with van der Waals surface area (Å²) in [6, 6.07) is 8.81. The lowest BCUT2D eigenvalue weighted by Gasteiger charge is -2.34. The van der Waals surface area contributed by atoms with Gasteiger partial charge < -0.3 is 14.5 Å². The zero-order chi connectivity index (χ0) is 14.4. The van der Waals surface area contributed by atoms with Crippen LogP contribution >= 0.6 is 0 Å². The van der Waals surface area contributed by atoms with Crippen LogP contribution in [0.5, 0.6) is 0 Å². The molecule has 0 aliphatic carbocycles. The minimum absolute atomic E-state index is 0.910. The number of benzene rings is 1. The van der Waals surface area contributed by atoms with E-state index in [-0.39, 0.29) is 0 Å². The fourth-order valence-corrected chi connectivity index (χ4v) is 5.45. The van der Waals surface area contributed by atoms with Crippen LogP contribution in [-0.4, -0.2) is 71.3 Å². The summed E-state index contributed by atoms with van der Waals surface area (Å²) < 4.78 is 5.49. The highest BCUT2D eigenvalue weighted by molar-refractivity contribution is 6.73. The van der Waals surface area contributed by atoms with Crippen molar-refractivity contribution in [3.8, 4) is 0 Å². The monoisotopic (exact) mass is 290 g/mol. The highest BCUT2D eigenvalue weighted by Gasteiger charge is 2.21. The summed E-state index contributed by atoms with van der Waals surface area (Å²) in [6.45, 7) is 8.60. The number of ether oxygens (including phenoxy) is 1. The summed E-state index contributed by atoms with van der Waals surface area (Å²) in [7, 11) is 2.93. The third-order valence-corrected chi connectivity index (χ3v) is 7.05. The fourth-order valence-electron chi connectivity index (χ4n) is 2.74. The Kier molecular flexibility index (Phi) is 5.98. The van der Waals surface area contributed by atoms with E-state index in [1.807, 2.05) is 13.2 Å². The van der Waals surface area contributed by atoms with Crippen molar-refractivity contribution in [1.29, 1.82) is 0 Å². The maximum absolute atomic E-state index is 5.49. The molecule has 1 heterocycles. The van der Waals surface area contributed by atoms with Gasteiger partial charge in [-0.25, -0.2) is 0 Å². The normalized spacial score (nSPS) is 18.9.